The van der Waals surface area contributed by atoms with E-state index in [0.717, 1.165) is 16.9 Å². The van der Waals surface area contributed by atoms with Crippen LogP contribution in [0.25, 0.3) is 0 Å². The van der Waals surface area contributed by atoms with E-state index in [1.54, 1.807) is 12.4 Å². The van der Waals surface area contributed by atoms with Crippen LogP contribution in [-0.2, 0) is 16.0 Å². The van der Waals surface area contributed by atoms with Gasteiger partial charge in [-0.2, -0.15) is 0 Å². The molecule has 1 aromatic heterocycles. The number of pyridine rings is 1. The van der Waals surface area contributed by atoms with Gasteiger partial charge >= 0.3 is 5.97 Å². The molecule has 0 aliphatic carbocycles. The summed E-state index contributed by atoms with van der Waals surface area (Å²) in [7, 11) is 1.40. The Morgan fingerprint density at radius 3 is 2.62 bits per heavy atom. The van der Waals surface area contributed by atoms with E-state index < -0.39 is 0 Å². The second-order valence-electron chi connectivity index (χ2n) is 4.77. The molecule has 1 unspecified atom stereocenters. The minimum Gasteiger partial charge on any atom is -0.486 e. The number of aromatic nitrogens is 1. The van der Waals surface area contributed by atoms with Crippen LogP contribution in [0, 0.1) is 0 Å². The quantitative estimate of drug-likeness (QED) is 0.764. The SMILES string of the molecule is COC(=O)CCc1ccc(OC(C)c2cccnc2)cc1. The minimum atomic E-state index is -0.194. The summed E-state index contributed by atoms with van der Waals surface area (Å²) in [5.41, 5.74) is 2.12. The number of nitrogens with zero attached hydrogens (tertiary/aromatic N) is 1. The zero-order valence-corrected chi connectivity index (χ0v) is 12.3. The van der Waals surface area contributed by atoms with Crippen LogP contribution in [0.15, 0.2) is 48.8 Å². The van der Waals surface area contributed by atoms with Crippen LogP contribution in [0.1, 0.15) is 30.6 Å². The molecule has 1 atom stereocenters. The third-order valence-corrected chi connectivity index (χ3v) is 3.24. The fraction of sp³-hybridized carbons (Fsp3) is 0.294. The number of hydrogen-bond acceptors (Lipinski definition) is 4. The Morgan fingerprint density at radius 1 is 1.24 bits per heavy atom. The van der Waals surface area contributed by atoms with Crippen molar-refractivity contribution in [2.45, 2.75) is 25.9 Å². The molecule has 2 aromatic rings. The van der Waals surface area contributed by atoms with E-state index in [1.807, 2.05) is 43.3 Å². The normalized spacial score (nSPS) is 11.7. The van der Waals surface area contributed by atoms with Crippen LogP contribution < -0.4 is 4.74 Å². The first-order valence-corrected chi connectivity index (χ1v) is 6.91. The molecule has 0 saturated carbocycles. The highest BCUT2D eigenvalue weighted by Gasteiger charge is 2.07. The van der Waals surface area contributed by atoms with E-state index in [-0.39, 0.29) is 12.1 Å². The Bertz CT molecular complexity index is 566. The average molecular weight is 285 g/mol. The summed E-state index contributed by atoms with van der Waals surface area (Å²) in [4.78, 5) is 15.2. The van der Waals surface area contributed by atoms with Gasteiger partial charge in [0, 0.05) is 24.4 Å². The maximum absolute atomic E-state index is 11.1. The summed E-state index contributed by atoms with van der Waals surface area (Å²) < 4.78 is 10.5. The van der Waals surface area contributed by atoms with E-state index in [2.05, 4.69) is 9.72 Å². The van der Waals surface area contributed by atoms with Crippen molar-refractivity contribution in [2.24, 2.45) is 0 Å². The Morgan fingerprint density at radius 2 is 2.00 bits per heavy atom. The summed E-state index contributed by atoms with van der Waals surface area (Å²) in [6, 6.07) is 11.6. The van der Waals surface area contributed by atoms with Crippen molar-refractivity contribution in [3.8, 4) is 5.75 Å². The molecule has 21 heavy (non-hydrogen) atoms. The highest BCUT2D eigenvalue weighted by atomic mass is 16.5. The molecule has 1 heterocycles. The van der Waals surface area contributed by atoms with Crippen molar-refractivity contribution in [2.75, 3.05) is 7.11 Å². The molecule has 110 valence electrons. The lowest BCUT2D eigenvalue weighted by molar-refractivity contribution is -0.140. The number of esters is 1. The molecule has 0 fully saturated rings. The predicted molar refractivity (Wildman–Crippen MR) is 80.1 cm³/mol. The minimum absolute atomic E-state index is 0.0559. The average Bonchev–Trinajstić information content (AvgIpc) is 2.54. The Balaban J connectivity index is 1.92. The predicted octanol–water partition coefficient (Wildman–Crippen LogP) is 3.33. The van der Waals surface area contributed by atoms with Crippen LogP contribution in [0.4, 0.5) is 0 Å². The largest absolute Gasteiger partial charge is 0.486 e. The van der Waals surface area contributed by atoms with Gasteiger partial charge in [-0.25, -0.2) is 0 Å². The van der Waals surface area contributed by atoms with Crippen molar-refractivity contribution >= 4 is 5.97 Å². The fourth-order valence-corrected chi connectivity index (χ4v) is 1.97. The smallest absolute Gasteiger partial charge is 0.305 e. The van der Waals surface area contributed by atoms with Crippen molar-refractivity contribution < 1.29 is 14.3 Å². The molecule has 0 bridgehead atoms. The molecule has 0 N–H and O–H groups in total. The van der Waals surface area contributed by atoms with Crippen LogP contribution in [0.5, 0.6) is 5.75 Å². The number of ether oxygens (including phenoxy) is 2. The van der Waals surface area contributed by atoms with E-state index in [9.17, 15) is 4.79 Å². The van der Waals surface area contributed by atoms with E-state index in [4.69, 9.17) is 4.74 Å². The molecule has 4 nitrogen and oxygen atoms in total. The number of methoxy groups -OCH3 is 1. The van der Waals surface area contributed by atoms with Crippen LogP contribution in [-0.4, -0.2) is 18.1 Å². The highest BCUT2D eigenvalue weighted by Crippen LogP contribution is 2.21. The number of aryl methyl sites for hydroxylation is 1. The third kappa shape index (κ3) is 4.60. The lowest BCUT2D eigenvalue weighted by Gasteiger charge is -2.14. The van der Waals surface area contributed by atoms with Crippen LogP contribution in [0.2, 0.25) is 0 Å². The second-order valence-corrected chi connectivity index (χ2v) is 4.77. The molecular formula is C17H19NO3. The summed E-state index contributed by atoms with van der Waals surface area (Å²) in [6.07, 6.45) is 4.55. The topological polar surface area (TPSA) is 48.4 Å². The molecule has 0 aliphatic heterocycles. The van der Waals surface area contributed by atoms with Gasteiger partial charge in [-0.15, -0.1) is 0 Å². The third-order valence-electron chi connectivity index (χ3n) is 3.24. The van der Waals surface area contributed by atoms with Crippen molar-refractivity contribution in [3.63, 3.8) is 0 Å². The zero-order chi connectivity index (χ0) is 15.1. The lowest BCUT2D eigenvalue weighted by Crippen LogP contribution is -2.04. The summed E-state index contributed by atoms with van der Waals surface area (Å²) in [5, 5.41) is 0. The molecule has 0 aliphatic rings. The molecule has 1 aromatic carbocycles. The monoisotopic (exact) mass is 285 g/mol. The van der Waals surface area contributed by atoms with E-state index in [1.165, 1.54) is 7.11 Å². The van der Waals surface area contributed by atoms with E-state index in [0.29, 0.717) is 12.8 Å². The standard InChI is InChI=1S/C17H19NO3/c1-13(15-4-3-11-18-12-15)21-16-8-5-14(6-9-16)7-10-17(19)20-2/h3-6,8-9,11-13H,7,10H2,1-2H3. The molecular weight excluding hydrogens is 266 g/mol. The molecule has 0 spiro atoms. The molecule has 2 rings (SSSR count). The molecule has 0 saturated heterocycles. The van der Waals surface area contributed by atoms with Gasteiger partial charge in [0.25, 0.3) is 0 Å². The van der Waals surface area contributed by atoms with Gasteiger partial charge in [0.15, 0.2) is 0 Å². The van der Waals surface area contributed by atoms with Gasteiger partial charge in [-0.05, 0) is 37.1 Å². The van der Waals surface area contributed by atoms with Gasteiger partial charge in [0.2, 0.25) is 0 Å². The van der Waals surface area contributed by atoms with Gasteiger partial charge in [-0.1, -0.05) is 18.2 Å². The maximum Gasteiger partial charge on any atom is 0.305 e. The number of carbonyl (C=O) groups excluding carboxylic acids is 1. The first-order chi connectivity index (χ1) is 10.2. The fourth-order valence-electron chi connectivity index (χ4n) is 1.97. The lowest BCUT2D eigenvalue weighted by atomic mass is 10.1. The first kappa shape index (κ1) is 15.0. The van der Waals surface area contributed by atoms with Crippen LogP contribution in [0.3, 0.4) is 0 Å². The number of carbonyl (C=O) groups is 1. The number of benzene rings is 1. The van der Waals surface area contributed by atoms with Crippen LogP contribution >= 0.6 is 0 Å². The maximum atomic E-state index is 11.1. The Hall–Kier alpha value is -2.36. The first-order valence-electron chi connectivity index (χ1n) is 6.91. The van der Waals surface area contributed by atoms with Crippen molar-refractivity contribution in [1.82, 2.24) is 4.98 Å². The van der Waals surface area contributed by atoms with Gasteiger partial charge < -0.3 is 9.47 Å². The summed E-state index contributed by atoms with van der Waals surface area (Å²) in [5.74, 6) is 0.605. The molecule has 4 heteroatoms. The summed E-state index contributed by atoms with van der Waals surface area (Å²) >= 11 is 0. The van der Waals surface area contributed by atoms with Crippen molar-refractivity contribution in [3.05, 3.63) is 59.9 Å². The summed E-state index contributed by atoms with van der Waals surface area (Å²) in [6.45, 7) is 1.99. The number of hydrogen-bond donors (Lipinski definition) is 0. The Kier molecular flexibility index (Phi) is 5.32. The van der Waals surface area contributed by atoms with Crippen molar-refractivity contribution in [1.29, 1.82) is 0 Å². The van der Waals surface area contributed by atoms with E-state index >= 15 is 0 Å². The number of rotatable bonds is 6. The zero-order valence-electron chi connectivity index (χ0n) is 12.3. The van der Waals surface area contributed by atoms with Gasteiger partial charge in [0.1, 0.15) is 11.9 Å². The Labute approximate surface area is 124 Å². The second kappa shape index (κ2) is 7.43. The van der Waals surface area contributed by atoms with Gasteiger partial charge in [0.05, 0.1) is 7.11 Å². The highest BCUT2D eigenvalue weighted by molar-refractivity contribution is 5.69. The molecule has 0 radical (unpaired) electrons. The molecule has 0 amide bonds. The van der Waals surface area contributed by atoms with Gasteiger partial charge in [-0.3, -0.25) is 9.78 Å².